The second kappa shape index (κ2) is 12.1. The highest BCUT2D eigenvalue weighted by atomic mass is 35.5. The number of nitrogens with one attached hydrogen (secondary N) is 1. The summed E-state index contributed by atoms with van der Waals surface area (Å²) in [6, 6.07) is 10.3. The summed E-state index contributed by atoms with van der Waals surface area (Å²) in [4.78, 5) is 40.7. The molecular formula is C27H31Cl2N3O5S. The summed E-state index contributed by atoms with van der Waals surface area (Å²) in [6.07, 6.45) is 5.10. The van der Waals surface area contributed by atoms with E-state index in [4.69, 9.17) is 23.2 Å². The van der Waals surface area contributed by atoms with Gasteiger partial charge in [0.05, 0.1) is 5.56 Å². The van der Waals surface area contributed by atoms with Gasteiger partial charge in [-0.2, -0.15) is 0 Å². The highest BCUT2D eigenvalue weighted by molar-refractivity contribution is 7.90. The highest BCUT2D eigenvalue weighted by Crippen LogP contribution is 2.31. The number of carbonyl (C=O) groups excluding carboxylic acids is 3. The molecule has 11 heteroatoms. The van der Waals surface area contributed by atoms with E-state index in [-0.39, 0.29) is 54.2 Å². The van der Waals surface area contributed by atoms with E-state index in [1.807, 2.05) is 0 Å². The first kappa shape index (κ1) is 28.4. The molecule has 1 heterocycles. The zero-order valence-electron chi connectivity index (χ0n) is 21.2. The number of hydrogen-bond donors (Lipinski definition) is 1. The molecule has 38 heavy (non-hydrogen) atoms. The summed E-state index contributed by atoms with van der Waals surface area (Å²) >= 11 is 12.7. The van der Waals surface area contributed by atoms with Crippen LogP contribution < -0.4 is 5.32 Å². The van der Waals surface area contributed by atoms with Crippen molar-refractivity contribution in [2.45, 2.75) is 75.4 Å². The van der Waals surface area contributed by atoms with E-state index in [9.17, 15) is 22.8 Å². The molecule has 0 spiro atoms. The maximum Gasteiger partial charge on any atom is 0.269 e. The van der Waals surface area contributed by atoms with Gasteiger partial charge in [-0.05, 0) is 50.5 Å². The van der Waals surface area contributed by atoms with Gasteiger partial charge in [0.15, 0.2) is 0 Å². The maximum absolute atomic E-state index is 13.5. The van der Waals surface area contributed by atoms with Gasteiger partial charge in [-0.3, -0.25) is 14.4 Å². The van der Waals surface area contributed by atoms with Crippen LogP contribution in [0.4, 0.5) is 0 Å². The number of nitrogens with zero attached hydrogens (tertiary/aromatic N) is 2. The molecule has 2 aromatic rings. The molecule has 0 saturated heterocycles. The van der Waals surface area contributed by atoms with E-state index in [0.717, 1.165) is 36.4 Å². The molecule has 3 amide bonds. The molecule has 0 radical (unpaired) electrons. The van der Waals surface area contributed by atoms with Crippen LogP contribution >= 0.6 is 23.2 Å². The lowest BCUT2D eigenvalue weighted by atomic mass is 9.95. The molecule has 1 N–H and O–H groups in total. The molecule has 2 aliphatic rings. The van der Waals surface area contributed by atoms with Gasteiger partial charge in [-0.15, -0.1) is 0 Å². The third-order valence-electron chi connectivity index (χ3n) is 7.17. The Hall–Kier alpha value is -2.62. The number of hydrogen-bond acceptors (Lipinski definition) is 5. The number of fused-ring (bicyclic) bond motifs is 1. The van der Waals surface area contributed by atoms with Crippen molar-refractivity contribution in [2.75, 3.05) is 6.54 Å². The number of carbonyl (C=O) groups is 3. The number of amides is 3. The van der Waals surface area contributed by atoms with Crippen LogP contribution in [0.25, 0.3) is 0 Å². The first-order chi connectivity index (χ1) is 18.1. The van der Waals surface area contributed by atoms with Crippen LogP contribution in [0.15, 0.2) is 47.4 Å². The van der Waals surface area contributed by atoms with Crippen molar-refractivity contribution in [1.82, 2.24) is 14.5 Å². The van der Waals surface area contributed by atoms with Crippen LogP contribution in [0.3, 0.4) is 0 Å². The summed E-state index contributed by atoms with van der Waals surface area (Å²) in [5.41, 5.74) is 0.649. The van der Waals surface area contributed by atoms with Gasteiger partial charge in [0.2, 0.25) is 11.8 Å². The third-order valence-corrected chi connectivity index (χ3v) is 9.72. The quantitative estimate of drug-likeness (QED) is 0.460. The van der Waals surface area contributed by atoms with Gasteiger partial charge >= 0.3 is 0 Å². The predicted octanol–water partition coefficient (Wildman–Crippen LogP) is 4.78. The Morgan fingerprint density at radius 3 is 2.37 bits per heavy atom. The standard InChI is InChI=1S/C27H31Cl2N3O5S/c1-18(26(34)30-19-9-3-2-4-10-19)31(17-21-22(28)12-7-13-23(21)29)25(33)15-8-16-32-27(35)20-11-5-6-14-24(20)38(32,36)37/h5-7,11-14,18-19H,2-4,8-10,15-17H2,1H3,(H,30,34). The van der Waals surface area contributed by atoms with Crippen molar-refractivity contribution in [3.63, 3.8) is 0 Å². The lowest BCUT2D eigenvalue weighted by Crippen LogP contribution is -2.50. The number of sulfonamides is 1. The summed E-state index contributed by atoms with van der Waals surface area (Å²) in [7, 11) is -3.96. The van der Waals surface area contributed by atoms with E-state index < -0.39 is 22.0 Å². The lowest BCUT2D eigenvalue weighted by Gasteiger charge is -2.32. The fourth-order valence-electron chi connectivity index (χ4n) is 4.97. The SMILES string of the molecule is CC(C(=O)NC1CCCCC1)N(Cc1c(Cl)cccc1Cl)C(=O)CCCN1C(=O)c2ccccc2S1(=O)=O. The van der Waals surface area contributed by atoms with Crippen LogP contribution in [0.5, 0.6) is 0 Å². The van der Waals surface area contributed by atoms with Gasteiger partial charge in [0.25, 0.3) is 15.9 Å². The maximum atomic E-state index is 13.5. The van der Waals surface area contributed by atoms with E-state index in [0.29, 0.717) is 15.6 Å². The van der Waals surface area contributed by atoms with Crippen LogP contribution in [-0.2, 0) is 26.2 Å². The summed E-state index contributed by atoms with van der Waals surface area (Å²) in [5, 5.41) is 3.82. The van der Waals surface area contributed by atoms with Crippen molar-refractivity contribution in [2.24, 2.45) is 0 Å². The highest BCUT2D eigenvalue weighted by Gasteiger charge is 2.40. The Bertz CT molecular complexity index is 1310. The van der Waals surface area contributed by atoms with Crippen molar-refractivity contribution < 1.29 is 22.8 Å². The molecule has 1 fully saturated rings. The first-order valence-corrected chi connectivity index (χ1v) is 15.0. The molecule has 4 rings (SSSR count). The minimum atomic E-state index is -3.96. The minimum absolute atomic E-state index is 0.0168. The van der Waals surface area contributed by atoms with Gasteiger partial charge in [-0.1, -0.05) is 60.7 Å². The molecule has 1 saturated carbocycles. The third kappa shape index (κ3) is 6.00. The zero-order chi connectivity index (χ0) is 27.4. The van der Waals surface area contributed by atoms with Crippen LogP contribution in [0.1, 0.15) is 67.8 Å². The predicted molar refractivity (Wildman–Crippen MR) is 145 cm³/mol. The van der Waals surface area contributed by atoms with Crippen molar-refractivity contribution in [3.05, 3.63) is 63.6 Å². The van der Waals surface area contributed by atoms with Crippen molar-refractivity contribution >= 4 is 50.9 Å². The topological polar surface area (TPSA) is 104 Å². The van der Waals surface area contributed by atoms with E-state index >= 15 is 0 Å². The number of benzene rings is 2. The van der Waals surface area contributed by atoms with Gasteiger partial charge in [-0.25, -0.2) is 12.7 Å². The number of halogens is 2. The second-order valence-electron chi connectivity index (χ2n) is 9.72. The summed E-state index contributed by atoms with van der Waals surface area (Å²) in [5.74, 6) is -1.23. The lowest BCUT2D eigenvalue weighted by molar-refractivity contribution is -0.141. The van der Waals surface area contributed by atoms with Gasteiger partial charge < -0.3 is 10.2 Å². The molecule has 2 aromatic carbocycles. The van der Waals surface area contributed by atoms with Crippen molar-refractivity contribution in [1.29, 1.82) is 0 Å². The Kier molecular flexibility index (Phi) is 9.00. The van der Waals surface area contributed by atoms with Crippen LogP contribution in [0.2, 0.25) is 10.0 Å². The Balaban J connectivity index is 1.47. The zero-order valence-corrected chi connectivity index (χ0v) is 23.5. The Labute approximate surface area is 233 Å². The van der Waals surface area contributed by atoms with Crippen LogP contribution in [-0.4, -0.2) is 54.0 Å². The number of rotatable bonds is 9. The average molecular weight is 581 g/mol. The van der Waals surface area contributed by atoms with Crippen LogP contribution in [0, 0.1) is 0 Å². The summed E-state index contributed by atoms with van der Waals surface area (Å²) < 4.78 is 26.5. The Morgan fingerprint density at radius 1 is 1.05 bits per heavy atom. The van der Waals surface area contributed by atoms with E-state index in [2.05, 4.69) is 5.32 Å². The molecular weight excluding hydrogens is 549 g/mol. The normalized spacial score (nSPS) is 17.7. The fourth-order valence-corrected chi connectivity index (χ4v) is 7.10. The molecule has 0 bridgehead atoms. The summed E-state index contributed by atoms with van der Waals surface area (Å²) in [6.45, 7) is 1.53. The van der Waals surface area contributed by atoms with E-state index in [1.54, 1.807) is 37.3 Å². The molecule has 8 nitrogen and oxygen atoms in total. The molecule has 1 aliphatic carbocycles. The minimum Gasteiger partial charge on any atom is -0.352 e. The average Bonchev–Trinajstić information content (AvgIpc) is 3.09. The second-order valence-corrected chi connectivity index (χ2v) is 12.4. The molecule has 1 atom stereocenters. The molecule has 204 valence electrons. The molecule has 0 aromatic heterocycles. The van der Waals surface area contributed by atoms with Gasteiger partial charge in [0.1, 0.15) is 10.9 Å². The smallest absolute Gasteiger partial charge is 0.269 e. The Morgan fingerprint density at radius 2 is 1.71 bits per heavy atom. The van der Waals surface area contributed by atoms with E-state index in [1.165, 1.54) is 17.0 Å². The largest absolute Gasteiger partial charge is 0.352 e. The van der Waals surface area contributed by atoms with Crippen molar-refractivity contribution in [3.8, 4) is 0 Å². The van der Waals surface area contributed by atoms with Gasteiger partial charge in [0, 0.05) is 41.2 Å². The molecule has 1 aliphatic heterocycles. The fraction of sp³-hybridized carbons (Fsp3) is 0.444. The first-order valence-electron chi connectivity index (χ1n) is 12.8. The monoisotopic (exact) mass is 579 g/mol. The molecule has 1 unspecified atom stereocenters.